The molecule has 2 fully saturated rings. The first kappa shape index (κ1) is 18.9. The van der Waals surface area contributed by atoms with Crippen LogP contribution in [0.2, 0.25) is 0 Å². The summed E-state index contributed by atoms with van der Waals surface area (Å²) in [6.45, 7) is 4.50. The van der Waals surface area contributed by atoms with E-state index in [0.29, 0.717) is 43.2 Å². The summed E-state index contributed by atoms with van der Waals surface area (Å²) in [5, 5.41) is 4.77. The van der Waals surface area contributed by atoms with E-state index in [4.69, 9.17) is 9.84 Å². The molecule has 2 saturated heterocycles. The van der Waals surface area contributed by atoms with Crippen LogP contribution in [0.3, 0.4) is 0 Å². The zero-order chi connectivity index (χ0) is 20.7. The van der Waals surface area contributed by atoms with Crippen molar-refractivity contribution < 1.29 is 9.53 Å². The van der Waals surface area contributed by atoms with E-state index in [1.807, 2.05) is 0 Å². The van der Waals surface area contributed by atoms with Crippen molar-refractivity contribution in [3.63, 3.8) is 0 Å². The first-order chi connectivity index (χ1) is 14.6. The number of hydrogen-bond acceptors (Lipinski definition) is 7. The van der Waals surface area contributed by atoms with Gasteiger partial charge >= 0.3 is 0 Å². The number of H-pyrrole nitrogens is 1. The lowest BCUT2D eigenvalue weighted by atomic mass is 9.97. The molecule has 2 unspecified atom stereocenters. The Morgan fingerprint density at radius 1 is 1.17 bits per heavy atom. The molecule has 156 valence electrons. The molecule has 2 aliphatic rings. The van der Waals surface area contributed by atoms with E-state index in [-0.39, 0.29) is 29.2 Å². The number of aromatic amines is 1. The summed E-state index contributed by atoms with van der Waals surface area (Å²) >= 11 is 0. The lowest BCUT2D eigenvalue weighted by Gasteiger charge is -2.21. The summed E-state index contributed by atoms with van der Waals surface area (Å²) in [4.78, 5) is 42.6. The van der Waals surface area contributed by atoms with Crippen LogP contribution in [0.25, 0.3) is 5.52 Å². The van der Waals surface area contributed by atoms with Crippen LogP contribution in [-0.2, 0) is 4.74 Å². The Hall–Kier alpha value is -3.14. The number of nitrogens with zero attached hydrogens (tertiary/aromatic N) is 6. The van der Waals surface area contributed by atoms with Crippen LogP contribution in [-0.4, -0.2) is 66.7 Å². The number of carbonyl (C=O) groups is 1. The average molecular weight is 409 g/mol. The largest absolute Gasteiger partial charge is 0.381 e. The summed E-state index contributed by atoms with van der Waals surface area (Å²) < 4.78 is 7.14. The maximum atomic E-state index is 12.8. The second-order valence-corrected chi connectivity index (χ2v) is 8.06. The zero-order valence-corrected chi connectivity index (χ0v) is 16.7. The molecule has 2 aliphatic heterocycles. The highest BCUT2D eigenvalue weighted by atomic mass is 16.5. The van der Waals surface area contributed by atoms with E-state index < -0.39 is 0 Å². The van der Waals surface area contributed by atoms with Gasteiger partial charge in [0.2, 0.25) is 0 Å². The van der Waals surface area contributed by atoms with Gasteiger partial charge in [-0.15, -0.1) is 0 Å². The van der Waals surface area contributed by atoms with Crippen LogP contribution >= 0.6 is 0 Å². The standard InChI is InChI=1S/C20H23N7O3/c1-12-9-26(20(29)14-6-21-11-22-7-14)10-15(12)17-24-19(28)16-8-23-18(27(16)25-17)13-2-4-30-5-3-13/h6-8,11-13,15H,2-5,9-10H2,1H3,(H,24,25,28). The molecule has 1 N–H and O–H groups in total. The van der Waals surface area contributed by atoms with Crippen molar-refractivity contribution in [2.45, 2.75) is 31.6 Å². The minimum atomic E-state index is -0.209. The highest BCUT2D eigenvalue weighted by molar-refractivity contribution is 5.93. The molecule has 5 heterocycles. The Kier molecular flexibility index (Phi) is 4.78. The van der Waals surface area contributed by atoms with Gasteiger partial charge in [0.1, 0.15) is 18.0 Å². The summed E-state index contributed by atoms with van der Waals surface area (Å²) in [7, 11) is 0. The normalized spacial score (nSPS) is 22.6. The molecular formula is C20H23N7O3. The van der Waals surface area contributed by atoms with Crippen molar-refractivity contribution >= 4 is 11.4 Å². The van der Waals surface area contributed by atoms with Crippen LogP contribution in [0.5, 0.6) is 0 Å². The highest BCUT2D eigenvalue weighted by Crippen LogP contribution is 2.31. The monoisotopic (exact) mass is 409 g/mol. The van der Waals surface area contributed by atoms with Crippen LogP contribution in [0.1, 0.15) is 53.6 Å². The van der Waals surface area contributed by atoms with Gasteiger partial charge in [-0.3, -0.25) is 9.59 Å². The molecule has 0 bridgehead atoms. The van der Waals surface area contributed by atoms with Gasteiger partial charge in [-0.1, -0.05) is 6.92 Å². The first-order valence-electron chi connectivity index (χ1n) is 10.2. The lowest BCUT2D eigenvalue weighted by molar-refractivity contribution is 0.0785. The fourth-order valence-electron chi connectivity index (χ4n) is 4.41. The Balaban J connectivity index is 1.45. The molecule has 3 aromatic heterocycles. The predicted octanol–water partition coefficient (Wildman–Crippen LogP) is 0.977. The van der Waals surface area contributed by atoms with E-state index >= 15 is 0 Å². The first-order valence-corrected chi connectivity index (χ1v) is 10.2. The Labute approximate surface area is 172 Å². The Morgan fingerprint density at radius 2 is 1.93 bits per heavy atom. The minimum absolute atomic E-state index is 0.0689. The predicted molar refractivity (Wildman–Crippen MR) is 106 cm³/mol. The van der Waals surface area contributed by atoms with Crippen molar-refractivity contribution in [3.8, 4) is 0 Å². The molecular weight excluding hydrogens is 386 g/mol. The fraction of sp³-hybridized carbons (Fsp3) is 0.500. The number of likely N-dealkylation sites (tertiary alicyclic amines) is 1. The average Bonchev–Trinajstić information content (AvgIpc) is 3.38. The zero-order valence-electron chi connectivity index (χ0n) is 16.7. The molecule has 5 rings (SSSR count). The molecule has 1 amide bonds. The summed E-state index contributed by atoms with van der Waals surface area (Å²) in [5.41, 5.74) is 0.693. The van der Waals surface area contributed by atoms with E-state index in [1.54, 1.807) is 15.6 Å². The Morgan fingerprint density at radius 3 is 2.70 bits per heavy atom. The number of fused-ring (bicyclic) bond motifs is 1. The van der Waals surface area contributed by atoms with Gasteiger partial charge in [0.25, 0.3) is 11.5 Å². The quantitative estimate of drug-likeness (QED) is 0.685. The second kappa shape index (κ2) is 7.60. The van der Waals surface area contributed by atoms with Crippen molar-refractivity contribution in [1.82, 2.24) is 34.4 Å². The van der Waals surface area contributed by atoms with Crippen molar-refractivity contribution in [1.29, 1.82) is 0 Å². The summed E-state index contributed by atoms with van der Waals surface area (Å²) in [5.74, 6) is 1.58. The van der Waals surface area contributed by atoms with Gasteiger partial charge in [0.15, 0.2) is 5.52 Å². The molecule has 0 aliphatic carbocycles. The van der Waals surface area contributed by atoms with E-state index in [0.717, 1.165) is 18.7 Å². The van der Waals surface area contributed by atoms with Crippen LogP contribution in [0.4, 0.5) is 0 Å². The van der Waals surface area contributed by atoms with Crippen molar-refractivity contribution in [2.75, 3.05) is 26.3 Å². The smallest absolute Gasteiger partial charge is 0.276 e. The highest BCUT2D eigenvalue weighted by Gasteiger charge is 2.36. The number of hydrogen-bond donors (Lipinski definition) is 1. The fourth-order valence-corrected chi connectivity index (χ4v) is 4.41. The second-order valence-electron chi connectivity index (χ2n) is 8.06. The SMILES string of the molecule is CC1CN(C(=O)c2cncnc2)CC1c1nn2c(C3CCOCC3)ncc2c(=O)[nH]1. The summed E-state index contributed by atoms with van der Waals surface area (Å²) in [6, 6.07) is 0. The number of amides is 1. The topological polar surface area (TPSA) is 118 Å². The van der Waals surface area contributed by atoms with Crippen LogP contribution < -0.4 is 5.56 Å². The number of rotatable bonds is 3. The molecule has 0 radical (unpaired) electrons. The number of carbonyl (C=O) groups excluding carboxylic acids is 1. The summed E-state index contributed by atoms with van der Waals surface area (Å²) in [6.07, 6.45) is 7.76. The molecule has 0 saturated carbocycles. The van der Waals surface area contributed by atoms with Gasteiger partial charge < -0.3 is 14.6 Å². The van der Waals surface area contributed by atoms with Crippen molar-refractivity contribution in [3.05, 3.63) is 52.5 Å². The maximum Gasteiger partial charge on any atom is 0.276 e. The van der Waals surface area contributed by atoms with Gasteiger partial charge in [0.05, 0.1) is 11.8 Å². The Bertz CT molecular complexity index is 1120. The van der Waals surface area contributed by atoms with Crippen molar-refractivity contribution in [2.24, 2.45) is 5.92 Å². The number of ether oxygens (including phenoxy) is 1. The van der Waals surface area contributed by atoms with E-state index in [1.165, 1.54) is 18.7 Å². The molecule has 0 spiro atoms. The van der Waals surface area contributed by atoms with E-state index in [9.17, 15) is 9.59 Å². The van der Waals surface area contributed by atoms with Crippen LogP contribution in [0.15, 0.2) is 29.7 Å². The molecule has 3 aromatic rings. The van der Waals surface area contributed by atoms with Crippen LogP contribution in [0, 0.1) is 5.92 Å². The lowest BCUT2D eigenvalue weighted by Crippen LogP contribution is -2.29. The molecule has 30 heavy (non-hydrogen) atoms. The minimum Gasteiger partial charge on any atom is -0.381 e. The maximum absolute atomic E-state index is 12.8. The molecule has 10 heteroatoms. The van der Waals surface area contributed by atoms with Gasteiger partial charge in [-0.25, -0.2) is 19.5 Å². The number of imidazole rings is 1. The van der Waals surface area contributed by atoms with Gasteiger partial charge in [0, 0.05) is 50.5 Å². The van der Waals surface area contributed by atoms with Gasteiger partial charge in [-0.2, -0.15) is 5.10 Å². The number of nitrogens with one attached hydrogen (secondary N) is 1. The van der Waals surface area contributed by atoms with Gasteiger partial charge in [-0.05, 0) is 18.8 Å². The molecule has 0 aromatic carbocycles. The third-order valence-electron chi connectivity index (χ3n) is 6.09. The van der Waals surface area contributed by atoms with E-state index in [2.05, 4.69) is 26.9 Å². The third kappa shape index (κ3) is 3.26. The number of aromatic nitrogens is 6. The molecule has 10 nitrogen and oxygen atoms in total. The third-order valence-corrected chi connectivity index (χ3v) is 6.09. The molecule has 2 atom stereocenters.